The van der Waals surface area contributed by atoms with Gasteiger partial charge in [0.2, 0.25) is 12.1 Å². The average molecular weight is 222 g/mol. The highest BCUT2D eigenvalue weighted by Crippen LogP contribution is 1.99. The van der Waals surface area contributed by atoms with Gasteiger partial charge < -0.3 is 0 Å². The lowest BCUT2D eigenvalue weighted by atomic mass is 10.2. The molecule has 0 aliphatic rings. The van der Waals surface area contributed by atoms with Crippen molar-refractivity contribution in [3.8, 4) is 0 Å². The van der Waals surface area contributed by atoms with Crippen LogP contribution in [0.3, 0.4) is 0 Å². The molecule has 0 saturated carbocycles. The first-order valence-electron chi connectivity index (χ1n) is 5.76. The molecule has 2 nitrogen and oxygen atoms in total. The van der Waals surface area contributed by atoms with Gasteiger partial charge in [-0.05, 0) is 12.1 Å². The summed E-state index contributed by atoms with van der Waals surface area (Å²) in [4.78, 5) is 0. The van der Waals surface area contributed by atoms with Crippen molar-refractivity contribution in [2.24, 2.45) is 0 Å². The summed E-state index contributed by atoms with van der Waals surface area (Å²) in [7, 11) is 0. The van der Waals surface area contributed by atoms with Gasteiger partial charge in [0, 0.05) is 36.4 Å². The lowest BCUT2D eigenvalue weighted by molar-refractivity contribution is -0.705. The monoisotopic (exact) mass is 222 g/mol. The van der Waals surface area contributed by atoms with Gasteiger partial charge in [-0.25, -0.2) is 0 Å². The summed E-state index contributed by atoms with van der Waals surface area (Å²) >= 11 is 0. The van der Waals surface area contributed by atoms with Gasteiger partial charge in [0.25, 0.3) is 5.69 Å². The highest BCUT2D eigenvalue weighted by atomic mass is 15.0. The minimum atomic E-state index is 0.882. The van der Waals surface area contributed by atoms with E-state index in [1.165, 1.54) is 11.2 Å². The van der Waals surface area contributed by atoms with Crippen LogP contribution in [-0.4, -0.2) is 0 Å². The van der Waals surface area contributed by atoms with Crippen LogP contribution in [-0.2, 0) is 6.54 Å². The van der Waals surface area contributed by atoms with Crippen LogP contribution >= 0.6 is 0 Å². The van der Waals surface area contributed by atoms with E-state index in [0.29, 0.717) is 0 Å². The summed E-state index contributed by atoms with van der Waals surface area (Å²) in [6, 6.07) is 18.8. The van der Waals surface area contributed by atoms with Crippen LogP contribution in [0.5, 0.6) is 0 Å². The summed E-state index contributed by atoms with van der Waals surface area (Å²) < 4.78 is 4.40. The van der Waals surface area contributed by atoms with E-state index < -0.39 is 0 Å². The smallest absolute Gasteiger partial charge is 0.194 e. The molecule has 3 aromatic rings. The maximum atomic E-state index is 2.22. The van der Waals surface area contributed by atoms with Crippen LogP contribution < -0.4 is 8.97 Å². The molecule has 0 atom stereocenters. The first kappa shape index (κ1) is 9.97. The summed E-state index contributed by atoms with van der Waals surface area (Å²) in [5.41, 5.74) is 2.50. The van der Waals surface area contributed by atoms with E-state index >= 15 is 0 Å². The van der Waals surface area contributed by atoms with E-state index in [4.69, 9.17) is 0 Å². The molecule has 17 heavy (non-hydrogen) atoms. The van der Waals surface area contributed by atoms with Crippen molar-refractivity contribution in [3.63, 3.8) is 0 Å². The second-order valence-electron chi connectivity index (χ2n) is 4.06. The predicted octanol–water partition coefficient (Wildman–Crippen LogP) is 1.76. The Labute approximate surface area is 100 Å². The first-order chi connectivity index (χ1) is 8.43. The molecule has 0 aliphatic carbocycles. The summed E-state index contributed by atoms with van der Waals surface area (Å²) in [5.74, 6) is 0. The zero-order valence-electron chi connectivity index (χ0n) is 9.53. The Morgan fingerprint density at radius 2 is 1.47 bits per heavy atom. The molecule has 0 saturated heterocycles. The highest BCUT2D eigenvalue weighted by Gasteiger charge is 2.12. The van der Waals surface area contributed by atoms with Gasteiger partial charge in [-0.2, -0.15) is 8.97 Å². The number of aromatic nitrogens is 2. The van der Waals surface area contributed by atoms with Crippen LogP contribution in [0.2, 0.25) is 0 Å². The van der Waals surface area contributed by atoms with Gasteiger partial charge in [0.1, 0.15) is 0 Å². The Kier molecular flexibility index (Phi) is 2.54. The Bertz CT molecular complexity index is 627. The van der Waals surface area contributed by atoms with E-state index in [1.54, 1.807) is 0 Å². The zero-order chi connectivity index (χ0) is 11.5. The second-order valence-corrected chi connectivity index (χ2v) is 4.06. The molecule has 0 bridgehead atoms. The number of rotatable bonds is 2. The molecule has 0 amide bonds. The van der Waals surface area contributed by atoms with Gasteiger partial charge in [-0.1, -0.05) is 6.07 Å². The molecule has 0 fully saturated rings. The number of hydrogen-bond acceptors (Lipinski definition) is 0. The third-order valence-electron chi connectivity index (χ3n) is 2.88. The first-order valence-corrected chi connectivity index (χ1v) is 5.76. The topological polar surface area (TPSA) is 7.98 Å². The largest absolute Gasteiger partial charge is 0.253 e. The van der Waals surface area contributed by atoms with Crippen molar-refractivity contribution in [2.75, 3.05) is 0 Å². The average Bonchev–Trinajstić information content (AvgIpc) is 2.40. The maximum Gasteiger partial charge on any atom is 0.253 e. The van der Waals surface area contributed by atoms with E-state index in [1.807, 2.05) is 6.07 Å². The number of pyridine rings is 3. The fraction of sp³-hybridized carbons (Fsp3) is 0.0667. The Balaban J connectivity index is 2.06. The van der Waals surface area contributed by atoms with Crippen molar-refractivity contribution in [2.45, 2.75) is 6.54 Å². The van der Waals surface area contributed by atoms with Gasteiger partial charge >= 0.3 is 0 Å². The second kappa shape index (κ2) is 4.34. The van der Waals surface area contributed by atoms with E-state index in [2.05, 4.69) is 76.1 Å². The Morgan fingerprint density at radius 1 is 0.706 bits per heavy atom. The van der Waals surface area contributed by atoms with Crippen molar-refractivity contribution in [3.05, 3.63) is 78.9 Å². The third kappa shape index (κ3) is 2.02. The standard InChI is InChI=1S/C15H14N2/c1-3-10-16(11-4-1)13-15-9-6-8-14-7-2-5-12-17(14)15/h1-12H,13H2/q+2. The van der Waals surface area contributed by atoms with Crippen LogP contribution in [0.4, 0.5) is 0 Å². The van der Waals surface area contributed by atoms with Crippen LogP contribution in [0, 0.1) is 0 Å². The van der Waals surface area contributed by atoms with Gasteiger partial charge in [0.15, 0.2) is 18.6 Å². The van der Waals surface area contributed by atoms with Crippen molar-refractivity contribution in [1.29, 1.82) is 0 Å². The molecular formula is C15H14N2+2. The molecule has 2 heteroatoms. The Morgan fingerprint density at radius 3 is 2.35 bits per heavy atom. The number of hydrogen-bond donors (Lipinski definition) is 0. The highest BCUT2D eigenvalue weighted by molar-refractivity contribution is 5.37. The van der Waals surface area contributed by atoms with Crippen LogP contribution in [0.25, 0.3) is 5.52 Å². The lowest BCUT2D eigenvalue weighted by Gasteiger charge is -1.96. The van der Waals surface area contributed by atoms with Gasteiger partial charge in [-0.3, -0.25) is 0 Å². The minimum absolute atomic E-state index is 0.882. The molecule has 0 radical (unpaired) electrons. The van der Waals surface area contributed by atoms with Crippen molar-refractivity contribution in [1.82, 2.24) is 0 Å². The normalized spacial score (nSPS) is 10.6. The van der Waals surface area contributed by atoms with E-state index in [0.717, 1.165) is 6.54 Å². The fourth-order valence-corrected chi connectivity index (χ4v) is 2.05. The Hall–Kier alpha value is -2.22. The molecule has 0 aromatic carbocycles. The molecule has 3 heterocycles. The summed E-state index contributed by atoms with van der Waals surface area (Å²) in [6.07, 6.45) is 6.28. The van der Waals surface area contributed by atoms with Crippen LogP contribution in [0.1, 0.15) is 5.69 Å². The molecule has 82 valence electrons. The lowest BCUT2D eigenvalue weighted by Crippen LogP contribution is -2.39. The SMILES string of the molecule is c1cc[n+](Cc2cccc3cccc[n+]23)cc1. The molecule has 0 N–H and O–H groups in total. The predicted molar refractivity (Wildman–Crippen MR) is 65.3 cm³/mol. The number of fused-ring (bicyclic) bond motifs is 1. The minimum Gasteiger partial charge on any atom is -0.194 e. The molecule has 3 aromatic heterocycles. The van der Waals surface area contributed by atoms with E-state index in [9.17, 15) is 0 Å². The quantitative estimate of drug-likeness (QED) is 0.584. The molecule has 3 rings (SSSR count). The third-order valence-corrected chi connectivity index (χ3v) is 2.88. The summed E-state index contributed by atoms with van der Waals surface area (Å²) in [5, 5.41) is 0. The summed E-state index contributed by atoms with van der Waals surface area (Å²) in [6.45, 7) is 0.882. The van der Waals surface area contributed by atoms with Gasteiger partial charge in [-0.15, -0.1) is 0 Å². The van der Waals surface area contributed by atoms with Crippen molar-refractivity contribution < 1.29 is 8.97 Å². The molecular weight excluding hydrogens is 208 g/mol. The maximum absolute atomic E-state index is 2.22. The van der Waals surface area contributed by atoms with E-state index in [-0.39, 0.29) is 0 Å². The molecule has 0 aliphatic heterocycles. The van der Waals surface area contributed by atoms with Gasteiger partial charge in [0.05, 0.1) is 0 Å². The molecule has 0 unspecified atom stereocenters. The fourth-order valence-electron chi connectivity index (χ4n) is 2.05. The zero-order valence-corrected chi connectivity index (χ0v) is 9.53. The van der Waals surface area contributed by atoms with Crippen molar-refractivity contribution >= 4 is 5.52 Å². The number of nitrogens with zero attached hydrogens (tertiary/aromatic N) is 2. The molecule has 0 spiro atoms. The van der Waals surface area contributed by atoms with Crippen LogP contribution in [0.15, 0.2) is 73.2 Å².